The number of carbonyl (C=O) groups excluding carboxylic acids is 1. The number of allylic oxidation sites excluding steroid dienone is 4. The standard InChI is InChI=1S/C9H10O3/c1-6(10)8-4-2-7(11)3-5-9(8)12/h3-5,11-12H,2H2,1H3. The maximum absolute atomic E-state index is 10.9. The van der Waals surface area contributed by atoms with Gasteiger partial charge in [-0.2, -0.15) is 0 Å². The third-order valence-corrected chi connectivity index (χ3v) is 1.60. The van der Waals surface area contributed by atoms with E-state index in [4.69, 9.17) is 5.11 Å². The number of aliphatic hydroxyl groups excluding tert-OH is 2. The third kappa shape index (κ3) is 1.75. The van der Waals surface area contributed by atoms with Crippen LogP contribution in [0.4, 0.5) is 0 Å². The lowest BCUT2D eigenvalue weighted by Crippen LogP contribution is -1.99. The van der Waals surface area contributed by atoms with Crippen molar-refractivity contribution in [2.75, 3.05) is 0 Å². The fourth-order valence-corrected chi connectivity index (χ4v) is 0.968. The highest BCUT2D eigenvalue weighted by molar-refractivity contribution is 5.97. The molecule has 12 heavy (non-hydrogen) atoms. The van der Waals surface area contributed by atoms with Crippen LogP contribution >= 0.6 is 0 Å². The van der Waals surface area contributed by atoms with Gasteiger partial charge in [0.2, 0.25) is 0 Å². The molecule has 3 nitrogen and oxygen atoms in total. The van der Waals surface area contributed by atoms with E-state index in [1.54, 1.807) is 0 Å². The van der Waals surface area contributed by atoms with Crippen LogP contribution in [-0.4, -0.2) is 16.0 Å². The van der Waals surface area contributed by atoms with E-state index in [0.717, 1.165) is 0 Å². The van der Waals surface area contributed by atoms with Crippen molar-refractivity contribution >= 4 is 5.78 Å². The average Bonchev–Trinajstić information content (AvgIpc) is 2.14. The minimum atomic E-state index is -0.202. The van der Waals surface area contributed by atoms with Crippen LogP contribution in [0.5, 0.6) is 0 Å². The number of hydrogen-bond donors (Lipinski definition) is 2. The molecule has 0 heterocycles. The highest BCUT2D eigenvalue weighted by Crippen LogP contribution is 2.15. The first-order valence-electron chi connectivity index (χ1n) is 3.61. The Bertz CT molecular complexity index is 295. The minimum absolute atomic E-state index is 0.0912. The van der Waals surface area contributed by atoms with Crippen LogP contribution in [0.15, 0.2) is 35.3 Å². The van der Waals surface area contributed by atoms with Crippen molar-refractivity contribution in [3.8, 4) is 0 Å². The molecule has 1 aliphatic rings. The fourth-order valence-electron chi connectivity index (χ4n) is 0.968. The van der Waals surface area contributed by atoms with Crippen molar-refractivity contribution in [1.29, 1.82) is 0 Å². The summed E-state index contributed by atoms with van der Waals surface area (Å²) in [5.41, 5.74) is 0.260. The Morgan fingerprint density at radius 2 is 2.08 bits per heavy atom. The zero-order valence-corrected chi connectivity index (χ0v) is 6.74. The predicted octanol–water partition coefficient (Wildman–Crippen LogP) is 1.79. The number of aliphatic hydroxyl groups is 2. The van der Waals surface area contributed by atoms with Gasteiger partial charge in [0.1, 0.15) is 5.76 Å². The lowest BCUT2D eigenvalue weighted by Gasteiger charge is -1.98. The van der Waals surface area contributed by atoms with Gasteiger partial charge in [0.25, 0.3) is 0 Å². The van der Waals surface area contributed by atoms with E-state index >= 15 is 0 Å². The van der Waals surface area contributed by atoms with Gasteiger partial charge in [0.05, 0.1) is 11.3 Å². The van der Waals surface area contributed by atoms with Gasteiger partial charge in [-0.05, 0) is 19.1 Å². The summed E-state index contributed by atoms with van der Waals surface area (Å²) in [4.78, 5) is 10.9. The highest BCUT2D eigenvalue weighted by atomic mass is 16.3. The van der Waals surface area contributed by atoms with Crippen molar-refractivity contribution in [3.63, 3.8) is 0 Å². The van der Waals surface area contributed by atoms with E-state index in [-0.39, 0.29) is 29.3 Å². The third-order valence-electron chi connectivity index (χ3n) is 1.60. The Morgan fingerprint density at radius 3 is 2.67 bits per heavy atom. The van der Waals surface area contributed by atoms with Crippen molar-refractivity contribution in [3.05, 3.63) is 35.3 Å². The smallest absolute Gasteiger partial charge is 0.163 e. The molecule has 0 aromatic heterocycles. The monoisotopic (exact) mass is 166 g/mol. The molecule has 0 bridgehead atoms. The Morgan fingerprint density at radius 1 is 1.42 bits per heavy atom. The lowest BCUT2D eigenvalue weighted by molar-refractivity contribution is -0.113. The zero-order chi connectivity index (χ0) is 9.14. The fraction of sp³-hybridized carbons (Fsp3) is 0.222. The first-order chi connectivity index (χ1) is 5.61. The quantitative estimate of drug-likeness (QED) is 0.624. The van der Waals surface area contributed by atoms with Gasteiger partial charge < -0.3 is 10.2 Å². The maximum atomic E-state index is 10.9. The van der Waals surface area contributed by atoms with Gasteiger partial charge in [-0.25, -0.2) is 0 Å². The van der Waals surface area contributed by atoms with E-state index in [2.05, 4.69) is 0 Å². The molecule has 0 aliphatic heterocycles. The van der Waals surface area contributed by atoms with Gasteiger partial charge in [0.15, 0.2) is 5.78 Å². The van der Waals surface area contributed by atoms with Crippen LogP contribution < -0.4 is 0 Å². The molecular weight excluding hydrogens is 156 g/mol. The summed E-state index contributed by atoms with van der Waals surface area (Å²) in [6, 6.07) is 0. The van der Waals surface area contributed by atoms with E-state index in [9.17, 15) is 9.90 Å². The number of hydrogen-bond acceptors (Lipinski definition) is 3. The van der Waals surface area contributed by atoms with Gasteiger partial charge in [-0.3, -0.25) is 4.79 Å². The second kappa shape index (κ2) is 3.26. The Hall–Kier alpha value is -1.51. The number of rotatable bonds is 1. The van der Waals surface area contributed by atoms with Gasteiger partial charge in [0, 0.05) is 6.42 Å². The molecule has 0 radical (unpaired) electrons. The van der Waals surface area contributed by atoms with E-state index in [1.807, 2.05) is 0 Å². The topological polar surface area (TPSA) is 57.5 Å². The van der Waals surface area contributed by atoms with Crippen LogP contribution in [0.3, 0.4) is 0 Å². The first kappa shape index (κ1) is 8.59. The van der Waals surface area contributed by atoms with Gasteiger partial charge in [-0.1, -0.05) is 6.08 Å². The van der Waals surface area contributed by atoms with Crippen LogP contribution in [0.2, 0.25) is 0 Å². The normalized spacial score (nSPS) is 17.2. The predicted molar refractivity (Wildman–Crippen MR) is 44.8 cm³/mol. The molecule has 0 aromatic carbocycles. The zero-order valence-electron chi connectivity index (χ0n) is 6.74. The second-order valence-electron chi connectivity index (χ2n) is 2.59. The van der Waals surface area contributed by atoms with Crippen LogP contribution in [0.1, 0.15) is 13.3 Å². The van der Waals surface area contributed by atoms with Crippen molar-refractivity contribution in [1.82, 2.24) is 0 Å². The Labute approximate surface area is 70.3 Å². The lowest BCUT2D eigenvalue weighted by atomic mass is 10.1. The number of ketones is 1. The van der Waals surface area contributed by atoms with E-state index < -0.39 is 0 Å². The van der Waals surface area contributed by atoms with E-state index in [1.165, 1.54) is 25.2 Å². The molecular formula is C9H10O3. The molecule has 0 unspecified atom stereocenters. The Kier molecular flexibility index (Phi) is 2.33. The largest absolute Gasteiger partial charge is 0.512 e. The molecule has 3 heteroatoms. The molecule has 0 saturated heterocycles. The number of carbonyl (C=O) groups is 1. The number of Topliss-reactive ketones (excluding diaryl/α,β-unsaturated/α-hetero) is 1. The molecule has 1 aliphatic carbocycles. The summed E-state index contributed by atoms with van der Waals surface area (Å²) in [5.74, 6) is -0.156. The van der Waals surface area contributed by atoms with Crippen LogP contribution in [0, 0.1) is 0 Å². The summed E-state index contributed by atoms with van der Waals surface area (Å²) >= 11 is 0. The molecule has 64 valence electrons. The molecule has 0 atom stereocenters. The molecule has 0 fully saturated rings. The summed E-state index contributed by atoms with van der Waals surface area (Å²) in [7, 11) is 0. The molecule has 0 amide bonds. The maximum Gasteiger partial charge on any atom is 0.163 e. The average molecular weight is 166 g/mol. The molecule has 0 saturated carbocycles. The molecule has 0 aromatic rings. The van der Waals surface area contributed by atoms with Gasteiger partial charge >= 0.3 is 0 Å². The molecule has 0 spiro atoms. The summed E-state index contributed by atoms with van der Waals surface area (Å²) in [6.07, 6.45) is 4.49. The molecule has 1 rings (SSSR count). The van der Waals surface area contributed by atoms with Gasteiger partial charge in [-0.15, -0.1) is 0 Å². The van der Waals surface area contributed by atoms with Crippen LogP contribution in [0.25, 0.3) is 0 Å². The van der Waals surface area contributed by atoms with Crippen LogP contribution in [-0.2, 0) is 4.79 Å². The Balaban J connectivity index is 3.00. The first-order valence-corrected chi connectivity index (χ1v) is 3.61. The van der Waals surface area contributed by atoms with Crippen molar-refractivity contribution < 1.29 is 15.0 Å². The highest BCUT2D eigenvalue weighted by Gasteiger charge is 2.10. The van der Waals surface area contributed by atoms with Crippen molar-refractivity contribution in [2.24, 2.45) is 0 Å². The molecule has 2 N–H and O–H groups in total. The second-order valence-corrected chi connectivity index (χ2v) is 2.59. The minimum Gasteiger partial charge on any atom is -0.512 e. The summed E-state index contributed by atoms with van der Waals surface area (Å²) in [6.45, 7) is 1.37. The van der Waals surface area contributed by atoms with Crippen molar-refractivity contribution in [2.45, 2.75) is 13.3 Å². The summed E-state index contributed by atoms with van der Waals surface area (Å²) < 4.78 is 0. The SMILES string of the molecule is CC(=O)C1=CCC(O)=CC=C1O. The summed E-state index contributed by atoms with van der Waals surface area (Å²) in [5, 5.41) is 18.3. The van der Waals surface area contributed by atoms with E-state index in [0.29, 0.717) is 0 Å².